The number of carbonyl (C=O) groups excluding carboxylic acids is 1. The van der Waals surface area contributed by atoms with E-state index in [4.69, 9.17) is 9.47 Å². The summed E-state index contributed by atoms with van der Waals surface area (Å²) in [5.41, 5.74) is 3.59. The summed E-state index contributed by atoms with van der Waals surface area (Å²) in [4.78, 5) is 15.3. The summed E-state index contributed by atoms with van der Waals surface area (Å²) < 4.78 is 12.9. The molecule has 1 N–H and O–H groups in total. The molecular formula is C25H26N4O3. The first kappa shape index (κ1) is 20.3. The highest BCUT2D eigenvalue weighted by molar-refractivity contribution is 5.81. The van der Waals surface area contributed by atoms with Crippen molar-refractivity contribution in [1.82, 2.24) is 9.47 Å². The Morgan fingerprint density at radius 2 is 2.03 bits per heavy atom. The molecule has 2 aliphatic heterocycles. The van der Waals surface area contributed by atoms with Crippen molar-refractivity contribution in [3.05, 3.63) is 71.5 Å². The molecule has 2 aromatic rings. The molecular weight excluding hydrogens is 404 g/mol. The van der Waals surface area contributed by atoms with Crippen LogP contribution < -0.4 is 5.32 Å². The fourth-order valence-corrected chi connectivity index (χ4v) is 5.10. The van der Waals surface area contributed by atoms with Crippen LogP contribution in [0.5, 0.6) is 0 Å². The maximum atomic E-state index is 13.3. The Labute approximate surface area is 187 Å². The Hall–Kier alpha value is -3.66. The molecule has 1 unspecified atom stereocenters. The number of likely N-dealkylation sites (tertiary alicyclic amines) is 1. The Balaban J connectivity index is 1.36. The van der Waals surface area contributed by atoms with Crippen LogP contribution in [-0.4, -0.2) is 42.7 Å². The third-order valence-electron chi connectivity index (χ3n) is 6.83. The lowest BCUT2D eigenvalue weighted by Crippen LogP contribution is -2.52. The molecule has 1 atom stereocenters. The van der Waals surface area contributed by atoms with E-state index in [0.29, 0.717) is 30.8 Å². The predicted molar refractivity (Wildman–Crippen MR) is 120 cm³/mol. The Bertz CT molecular complexity index is 1160. The lowest BCUT2D eigenvalue weighted by molar-refractivity contribution is -0.135. The number of hydrogen-bond acceptors (Lipinski definition) is 5. The van der Waals surface area contributed by atoms with Crippen LogP contribution in [0.2, 0.25) is 0 Å². The molecule has 164 valence electrons. The van der Waals surface area contributed by atoms with Crippen molar-refractivity contribution in [3.8, 4) is 11.8 Å². The minimum Gasteiger partial charge on any atom is -0.501 e. The SMILES string of the molecule is COC1=CC(C(=O)N2CCC3(CC2)Nc2ccc(C#N)cc2-n2cccc23)CC(OC)=C1. The average molecular weight is 431 g/mol. The molecule has 0 bridgehead atoms. The van der Waals surface area contributed by atoms with Crippen LogP contribution in [-0.2, 0) is 19.8 Å². The molecule has 1 aromatic carbocycles. The molecule has 1 aliphatic carbocycles. The van der Waals surface area contributed by atoms with E-state index < -0.39 is 0 Å². The molecule has 7 heteroatoms. The van der Waals surface area contributed by atoms with E-state index in [1.807, 2.05) is 47.5 Å². The van der Waals surface area contributed by atoms with Gasteiger partial charge in [-0.2, -0.15) is 5.26 Å². The van der Waals surface area contributed by atoms with Crippen molar-refractivity contribution in [2.75, 3.05) is 32.6 Å². The van der Waals surface area contributed by atoms with E-state index in [1.165, 1.54) is 5.69 Å². The van der Waals surface area contributed by atoms with E-state index in [0.717, 1.165) is 30.0 Å². The van der Waals surface area contributed by atoms with Gasteiger partial charge < -0.3 is 24.3 Å². The zero-order valence-corrected chi connectivity index (χ0v) is 18.3. The molecule has 1 saturated heterocycles. The number of ether oxygens (including phenoxy) is 2. The maximum Gasteiger partial charge on any atom is 0.230 e. The molecule has 3 aliphatic rings. The highest BCUT2D eigenvalue weighted by Crippen LogP contribution is 2.44. The van der Waals surface area contributed by atoms with E-state index in [2.05, 4.69) is 22.0 Å². The summed E-state index contributed by atoms with van der Waals surface area (Å²) in [6, 6.07) is 12.1. The molecule has 1 fully saturated rings. The lowest BCUT2D eigenvalue weighted by atomic mass is 9.81. The van der Waals surface area contributed by atoms with Crippen LogP contribution in [0.1, 0.15) is 30.5 Å². The van der Waals surface area contributed by atoms with Crippen molar-refractivity contribution < 1.29 is 14.3 Å². The molecule has 1 amide bonds. The third kappa shape index (κ3) is 3.23. The molecule has 5 rings (SSSR count). The largest absolute Gasteiger partial charge is 0.501 e. The minimum atomic E-state index is -0.271. The van der Waals surface area contributed by atoms with Crippen LogP contribution >= 0.6 is 0 Å². The van der Waals surface area contributed by atoms with Crippen LogP contribution in [0.3, 0.4) is 0 Å². The van der Waals surface area contributed by atoms with Gasteiger partial charge in [-0.05, 0) is 49.2 Å². The van der Waals surface area contributed by atoms with Gasteiger partial charge in [0, 0.05) is 37.5 Å². The minimum absolute atomic E-state index is 0.113. The van der Waals surface area contributed by atoms with Gasteiger partial charge in [-0.3, -0.25) is 4.79 Å². The summed E-state index contributed by atoms with van der Waals surface area (Å²) >= 11 is 0. The second-order valence-electron chi connectivity index (χ2n) is 8.54. The topological polar surface area (TPSA) is 79.5 Å². The number of hydrogen-bond donors (Lipinski definition) is 1. The highest BCUT2D eigenvalue weighted by atomic mass is 16.5. The smallest absolute Gasteiger partial charge is 0.230 e. The first-order chi connectivity index (χ1) is 15.6. The van der Waals surface area contributed by atoms with E-state index in [-0.39, 0.29) is 17.4 Å². The number of methoxy groups -OCH3 is 2. The van der Waals surface area contributed by atoms with Crippen molar-refractivity contribution in [2.24, 2.45) is 5.92 Å². The fourth-order valence-electron chi connectivity index (χ4n) is 5.10. The number of amides is 1. The van der Waals surface area contributed by atoms with Gasteiger partial charge in [0.25, 0.3) is 0 Å². The number of anilines is 1. The van der Waals surface area contributed by atoms with E-state index in [9.17, 15) is 10.1 Å². The summed E-state index contributed by atoms with van der Waals surface area (Å²) in [5.74, 6) is 1.27. The molecule has 0 saturated carbocycles. The van der Waals surface area contributed by atoms with Crippen LogP contribution in [0.25, 0.3) is 5.69 Å². The lowest BCUT2D eigenvalue weighted by Gasteiger charge is -2.46. The Morgan fingerprint density at radius 3 is 2.75 bits per heavy atom. The number of piperidine rings is 1. The number of aromatic nitrogens is 1. The van der Waals surface area contributed by atoms with Gasteiger partial charge >= 0.3 is 0 Å². The standard InChI is InChI=1S/C25H26N4O3/c1-31-19-13-18(14-20(15-19)32-2)24(30)28-10-7-25(8-11-28)23-4-3-9-29(23)22-12-17(16-26)5-6-21(22)27-25/h3-6,9,12-13,15,18,27H,7-8,10-11,14H2,1-2H3. The quantitative estimate of drug-likeness (QED) is 0.804. The molecule has 7 nitrogen and oxygen atoms in total. The number of rotatable bonds is 3. The van der Waals surface area contributed by atoms with Crippen LogP contribution in [0.15, 0.2) is 60.2 Å². The van der Waals surface area contributed by atoms with Crippen molar-refractivity contribution in [2.45, 2.75) is 24.8 Å². The van der Waals surface area contributed by atoms with Crippen molar-refractivity contribution in [3.63, 3.8) is 0 Å². The Morgan fingerprint density at radius 1 is 1.22 bits per heavy atom. The van der Waals surface area contributed by atoms with Gasteiger partial charge in [0.2, 0.25) is 5.91 Å². The first-order valence-electron chi connectivity index (χ1n) is 10.9. The molecule has 1 aromatic heterocycles. The predicted octanol–water partition coefficient (Wildman–Crippen LogP) is 3.67. The second kappa shape index (κ2) is 7.79. The number of fused-ring (bicyclic) bond motifs is 4. The molecule has 1 spiro atoms. The van der Waals surface area contributed by atoms with Gasteiger partial charge in [-0.1, -0.05) is 0 Å². The number of nitrogens with one attached hydrogen (secondary N) is 1. The number of benzene rings is 1. The highest BCUT2D eigenvalue weighted by Gasteiger charge is 2.43. The second-order valence-corrected chi connectivity index (χ2v) is 8.54. The summed E-state index contributed by atoms with van der Waals surface area (Å²) in [5, 5.41) is 13.0. The van der Waals surface area contributed by atoms with Crippen molar-refractivity contribution in [1.29, 1.82) is 5.26 Å². The van der Waals surface area contributed by atoms with Crippen LogP contribution in [0, 0.1) is 17.2 Å². The van der Waals surface area contributed by atoms with Gasteiger partial charge in [0.05, 0.1) is 48.7 Å². The van der Waals surface area contributed by atoms with Gasteiger partial charge in [0.15, 0.2) is 0 Å². The van der Waals surface area contributed by atoms with Gasteiger partial charge in [-0.25, -0.2) is 0 Å². The first-order valence-corrected chi connectivity index (χ1v) is 10.9. The van der Waals surface area contributed by atoms with E-state index in [1.54, 1.807) is 14.2 Å². The molecule has 32 heavy (non-hydrogen) atoms. The number of nitriles is 1. The summed E-state index contributed by atoms with van der Waals surface area (Å²) in [6.45, 7) is 1.34. The molecule has 0 radical (unpaired) electrons. The zero-order valence-electron chi connectivity index (χ0n) is 18.3. The fraction of sp³-hybridized carbons (Fsp3) is 0.360. The maximum absolute atomic E-state index is 13.3. The monoisotopic (exact) mass is 430 g/mol. The van der Waals surface area contributed by atoms with Crippen molar-refractivity contribution >= 4 is 11.6 Å². The third-order valence-corrected chi connectivity index (χ3v) is 6.83. The van der Waals surface area contributed by atoms with Gasteiger partial charge in [-0.15, -0.1) is 0 Å². The summed E-state index contributed by atoms with van der Waals surface area (Å²) in [6.07, 6.45) is 7.95. The number of allylic oxidation sites excluding steroid dienone is 2. The summed E-state index contributed by atoms with van der Waals surface area (Å²) in [7, 11) is 3.23. The number of carbonyl (C=O) groups is 1. The zero-order chi connectivity index (χ0) is 22.3. The van der Waals surface area contributed by atoms with Crippen LogP contribution in [0.4, 0.5) is 5.69 Å². The number of nitrogens with zero attached hydrogens (tertiary/aromatic N) is 3. The Kier molecular flexibility index (Phi) is 4.93. The normalized spacial score (nSPS) is 20.8. The molecule has 3 heterocycles. The van der Waals surface area contributed by atoms with E-state index >= 15 is 0 Å². The van der Waals surface area contributed by atoms with Gasteiger partial charge in [0.1, 0.15) is 11.5 Å². The average Bonchev–Trinajstić information content (AvgIpc) is 3.35.